The van der Waals surface area contributed by atoms with Crippen LogP contribution in [-0.4, -0.2) is 53.5 Å². The van der Waals surface area contributed by atoms with Gasteiger partial charge in [0.1, 0.15) is 17.3 Å². The Hall–Kier alpha value is -4.32. The summed E-state index contributed by atoms with van der Waals surface area (Å²) < 4.78 is 26.3. The van der Waals surface area contributed by atoms with Crippen molar-refractivity contribution >= 4 is 51.0 Å². The van der Waals surface area contributed by atoms with Crippen LogP contribution >= 0.6 is 23.4 Å². The summed E-state index contributed by atoms with van der Waals surface area (Å²) in [5, 5.41) is 32.8. The molecule has 8 bridgehead atoms. The summed E-state index contributed by atoms with van der Waals surface area (Å²) in [6.45, 7) is 4.72. The number of aliphatic hydroxyl groups excluding tert-OH is 1. The number of nitrogens with zero attached hydrogens (tertiary/aromatic N) is 5. The smallest absolute Gasteiger partial charge is 0.352 e. The maximum absolute atomic E-state index is 14.3. The van der Waals surface area contributed by atoms with Crippen molar-refractivity contribution < 1.29 is 24.1 Å². The van der Waals surface area contributed by atoms with Gasteiger partial charge in [-0.15, -0.1) is 11.8 Å². The second kappa shape index (κ2) is 13.5. The molecule has 3 aromatic heterocycles. The quantitative estimate of drug-likeness (QED) is 0.197. The lowest BCUT2D eigenvalue weighted by atomic mass is 9.97. The topological polar surface area (TPSA) is 107 Å². The number of fused-ring (bicyclic) bond motifs is 8. The van der Waals surface area contributed by atoms with Crippen LogP contribution in [0.5, 0.6) is 5.75 Å². The predicted molar refractivity (Wildman–Crippen MR) is 191 cm³/mol. The van der Waals surface area contributed by atoms with Crippen molar-refractivity contribution in [2.45, 2.75) is 57.7 Å². The molecule has 4 heterocycles. The van der Waals surface area contributed by atoms with Crippen molar-refractivity contribution in [3.05, 3.63) is 99.0 Å². The molecule has 0 atom stereocenters. The van der Waals surface area contributed by atoms with Crippen molar-refractivity contribution in [2.75, 3.05) is 13.2 Å². The van der Waals surface area contributed by atoms with E-state index >= 15 is 0 Å². The third kappa shape index (κ3) is 6.19. The van der Waals surface area contributed by atoms with Gasteiger partial charge in [0.05, 0.1) is 36.8 Å². The number of aromatic nitrogens is 5. The molecular weight excluding hydrogens is 665 g/mol. The van der Waals surface area contributed by atoms with Crippen molar-refractivity contribution in [1.82, 2.24) is 24.1 Å². The van der Waals surface area contributed by atoms with Gasteiger partial charge in [-0.2, -0.15) is 10.2 Å². The molecule has 3 aromatic carbocycles. The number of hydrogen-bond donors (Lipinski definition) is 2. The van der Waals surface area contributed by atoms with Gasteiger partial charge in [0.2, 0.25) is 0 Å². The summed E-state index contributed by atoms with van der Waals surface area (Å²) >= 11 is 8.69. The average molecular weight is 702 g/mol. The minimum absolute atomic E-state index is 0.0760. The van der Waals surface area contributed by atoms with Gasteiger partial charge >= 0.3 is 5.97 Å². The molecule has 254 valence electrons. The van der Waals surface area contributed by atoms with Crippen molar-refractivity contribution in [3.63, 3.8) is 0 Å². The molecule has 0 saturated heterocycles. The molecule has 7 rings (SSSR count). The molecule has 6 aromatic rings. The summed E-state index contributed by atoms with van der Waals surface area (Å²) in [7, 11) is 1.95. The van der Waals surface area contributed by atoms with E-state index in [4.69, 9.17) is 26.5 Å². The summed E-state index contributed by atoms with van der Waals surface area (Å²) in [5.41, 5.74) is 7.92. The van der Waals surface area contributed by atoms with E-state index in [2.05, 4.69) is 6.07 Å². The fraction of sp³-hybridized carbons (Fsp3) is 0.324. The van der Waals surface area contributed by atoms with Crippen LogP contribution in [0.1, 0.15) is 50.8 Å². The lowest BCUT2D eigenvalue weighted by molar-refractivity contribution is 0.0684. The highest BCUT2D eigenvalue weighted by Crippen LogP contribution is 2.43. The molecule has 0 radical (unpaired) electrons. The van der Waals surface area contributed by atoms with Crippen LogP contribution in [0.25, 0.3) is 32.8 Å². The van der Waals surface area contributed by atoms with Gasteiger partial charge in [-0.3, -0.25) is 9.36 Å². The minimum atomic E-state index is -1.02. The Balaban J connectivity index is 1.37. The highest BCUT2D eigenvalue weighted by atomic mass is 35.5. The Morgan fingerprint density at radius 2 is 1.90 bits per heavy atom. The first-order chi connectivity index (χ1) is 23.6. The minimum Gasteiger partial charge on any atom is -0.493 e. The number of rotatable bonds is 3. The van der Waals surface area contributed by atoms with Crippen molar-refractivity contribution in [2.24, 2.45) is 7.05 Å². The summed E-state index contributed by atoms with van der Waals surface area (Å²) in [6.07, 6.45) is 1.99. The molecule has 0 aliphatic carbocycles. The number of aliphatic hydroxyl groups is 1. The van der Waals surface area contributed by atoms with Crippen molar-refractivity contribution in [1.29, 1.82) is 0 Å². The third-order valence-electron chi connectivity index (χ3n) is 9.33. The van der Waals surface area contributed by atoms with Crippen LogP contribution in [0, 0.1) is 19.7 Å². The number of hydrogen-bond acceptors (Lipinski definition) is 6. The fourth-order valence-electron chi connectivity index (χ4n) is 7.18. The Kier molecular flexibility index (Phi) is 9.17. The van der Waals surface area contributed by atoms with Gasteiger partial charge in [0.25, 0.3) is 0 Å². The number of halogens is 2. The summed E-state index contributed by atoms with van der Waals surface area (Å²) in [6, 6.07) is 14.6. The molecule has 0 amide bonds. The van der Waals surface area contributed by atoms with Gasteiger partial charge in [0, 0.05) is 63.2 Å². The number of thioether (sulfide) groups is 1. The fourth-order valence-corrected chi connectivity index (χ4v) is 8.37. The van der Waals surface area contributed by atoms with Gasteiger partial charge in [-0.05, 0) is 92.1 Å². The van der Waals surface area contributed by atoms with Gasteiger partial charge in [-0.1, -0.05) is 17.7 Å². The van der Waals surface area contributed by atoms with Crippen LogP contribution in [-0.2, 0) is 44.5 Å². The molecule has 1 aliphatic heterocycles. The second-order valence-corrected chi connectivity index (χ2v) is 13.9. The number of carbonyl (C=O) groups is 1. The number of carboxylic acid groups (broad SMARTS) is 1. The van der Waals surface area contributed by atoms with E-state index in [1.54, 1.807) is 17.8 Å². The van der Waals surface area contributed by atoms with Crippen LogP contribution in [0.3, 0.4) is 0 Å². The maximum atomic E-state index is 14.3. The lowest BCUT2D eigenvalue weighted by Crippen LogP contribution is -2.12. The Morgan fingerprint density at radius 1 is 1.06 bits per heavy atom. The number of carboxylic acids is 1. The van der Waals surface area contributed by atoms with Crippen LogP contribution < -0.4 is 4.74 Å². The molecule has 9 nitrogen and oxygen atoms in total. The number of benzene rings is 3. The lowest BCUT2D eigenvalue weighted by Gasteiger charge is -2.14. The monoisotopic (exact) mass is 701 g/mol. The Morgan fingerprint density at radius 3 is 2.69 bits per heavy atom. The van der Waals surface area contributed by atoms with Gasteiger partial charge in [0.15, 0.2) is 0 Å². The van der Waals surface area contributed by atoms with E-state index in [-0.39, 0.29) is 18.1 Å². The molecule has 2 N–H and O–H groups in total. The molecular formula is C37H37ClFN5O4S. The highest BCUT2D eigenvalue weighted by Gasteiger charge is 2.27. The first kappa shape index (κ1) is 33.2. The third-order valence-corrected chi connectivity index (χ3v) is 10.6. The van der Waals surface area contributed by atoms with E-state index in [0.717, 1.165) is 74.0 Å². The summed E-state index contributed by atoms with van der Waals surface area (Å²) in [5.74, 6) is 0.572. The maximum Gasteiger partial charge on any atom is 0.352 e. The zero-order valence-corrected chi connectivity index (χ0v) is 29.2. The largest absolute Gasteiger partial charge is 0.493 e. The van der Waals surface area contributed by atoms with E-state index in [1.807, 2.05) is 59.1 Å². The molecule has 0 spiro atoms. The van der Waals surface area contributed by atoms with Gasteiger partial charge in [-0.25, -0.2) is 9.18 Å². The van der Waals surface area contributed by atoms with E-state index in [9.17, 15) is 19.4 Å². The average Bonchev–Trinajstić information content (AvgIpc) is 3.67. The highest BCUT2D eigenvalue weighted by molar-refractivity contribution is 7.97. The van der Waals surface area contributed by atoms with Crippen LogP contribution in [0.15, 0.2) is 48.5 Å². The van der Waals surface area contributed by atoms with Crippen LogP contribution in [0.2, 0.25) is 5.02 Å². The zero-order valence-electron chi connectivity index (χ0n) is 27.6. The first-order valence-corrected chi connectivity index (χ1v) is 17.8. The first-order valence-electron chi connectivity index (χ1n) is 16.3. The van der Waals surface area contributed by atoms with Crippen molar-refractivity contribution in [3.8, 4) is 16.9 Å². The Labute approximate surface area is 292 Å². The predicted octanol–water partition coefficient (Wildman–Crippen LogP) is 7.49. The van der Waals surface area contributed by atoms with E-state index in [1.165, 1.54) is 12.1 Å². The SMILES string of the molecule is Cc1nn(CCO)c2c1-c1c(Cl)ccc3c1c(C)c(C(=O)O)n3CCCOc1cc(cc3cc(F)ccc13)CCc1cc(nn1C)CSC2. The van der Waals surface area contributed by atoms with E-state index < -0.39 is 5.97 Å². The summed E-state index contributed by atoms with van der Waals surface area (Å²) in [4.78, 5) is 12.8. The second-order valence-electron chi connectivity index (χ2n) is 12.5. The molecule has 0 fully saturated rings. The van der Waals surface area contributed by atoms with Gasteiger partial charge < -0.3 is 19.5 Å². The normalized spacial score (nSPS) is 14.2. The molecule has 0 unspecified atom stereocenters. The number of aromatic carboxylic acids is 1. The number of aryl methyl sites for hydroxylation is 6. The Bertz CT molecular complexity index is 2240. The molecule has 0 saturated carbocycles. The molecule has 49 heavy (non-hydrogen) atoms. The van der Waals surface area contributed by atoms with E-state index in [0.29, 0.717) is 54.0 Å². The molecule has 1 aliphatic rings. The standard InChI is InChI=1S/C37H37ClFN5O4S/c1-21-33-30-10-9-29(38)35(33)34-22(2)40-44(12-13-45)31(34)20-49-19-26-18-27(42(3)41-26)7-5-23-15-24-17-25(39)6-8-28(24)32(16-23)48-14-4-11-43(30)36(21)37(46)47/h6,8-10,15-18,45H,4-5,7,11-14,19-20H2,1-3H3,(H,46,47). The van der Waals surface area contributed by atoms with Crippen LogP contribution in [0.4, 0.5) is 4.39 Å². The zero-order chi connectivity index (χ0) is 34.4. The number of ether oxygens (including phenoxy) is 1. The molecule has 12 heteroatoms.